The average molecular weight is 324 g/mol. The minimum absolute atomic E-state index is 0.152. The molecule has 0 aliphatic carbocycles. The molecule has 0 aromatic rings. The summed E-state index contributed by atoms with van der Waals surface area (Å²) in [7, 11) is -6.87. The van der Waals surface area contributed by atoms with E-state index in [1.54, 1.807) is 0 Å². The molecule has 20 heavy (non-hydrogen) atoms. The fourth-order valence-electron chi connectivity index (χ4n) is 0.730. The van der Waals surface area contributed by atoms with Crippen LogP contribution in [0.4, 0.5) is 0 Å². The Bertz CT molecular complexity index is 560. The quantitative estimate of drug-likeness (QED) is 0.478. The molecule has 0 atom stereocenters. The van der Waals surface area contributed by atoms with E-state index in [9.17, 15) is 26.4 Å². The van der Waals surface area contributed by atoms with Gasteiger partial charge in [0.15, 0.2) is 19.7 Å². The molecule has 2 N–H and O–H groups in total. The van der Waals surface area contributed by atoms with Gasteiger partial charge >= 0.3 is 0 Å². The van der Waals surface area contributed by atoms with Gasteiger partial charge in [-0.3, -0.25) is 20.4 Å². The Morgan fingerprint density at radius 1 is 0.800 bits per heavy atom. The number of carbonyl (C=O) groups is 2. The van der Waals surface area contributed by atoms with Crippen LogP contribution in [0.3, 0.4) is 0 Å². The van der Waals surface area contributed by atoms with E-state index in [1.807, 2.05) is 10.9 Å². The number of amides is 2. The monoisotopic (exact) mass is 324 g/mol. The first-order valence-electron chi connectivity index (χ1n) is 5.53. The lowest BCUT2D eigenvalue weighted by Gasteiger charge is -2.01. The third-order valence-corrected chi connectivity index (χ3v) is 4.68. The standard InChI is InChI=1S/C10H16N2O6S2/c1-3-19(15,16)7-5-9(13)11-12-10(14)6-8-20(17,18)4-2/h5-8H,3-4H2,1-2H3,(H,11,13)(H,12,14). The first-order valence-corrected chi connectivity index (χ1v) is 8.96. The smallest absolute Gasteiger partial charge is 0.263 e. The summed E-state index contributed by atoms with van der Waals surface area (Å²) in [6, 6.07) is 0. The molecule has 0 saturated heterocycles. The zero-order valence-corrected chi connectivity index (χ0v) is 12.6. The van der Waals surface area contributed by atoms with Crippen LogP contribution >= 0.6 is 0 Å². The number of hydrazine groups is 1. The normalized spacial score (nSPS) is 12.7. The molecule has 0 fully saturated rings. The van der Waals surface area contributed by atoms with Crippen molar-refractivity contribution in [3.05, 3.63) is 23.0 Å². The van der Waals surface area contributed by atoms with Gasteiger partial charge in [-0.2, -0.15) is 0 Å². The molecule has 0 aromatic carbocycles. The third kappa shape index (κ3) is 8.43. The summed E-state index contributed by atoms with van der Waals surface area (Å²) >= 11 is 0. The van der Waals surface area contributed by atoms with Gasteiger partial charge in [0.25, 0.3) is 11.8 Å². The van der Waals surface area contributed by atoms with Crippen molar-refractivity contribution < 1.29 is 26.4 Å². The van der Waals surface area contributed by atoms with Gasteiger partial charge in [-0.25, -0.2) is 16.8 Å². The topological polar surface area (TPSA) is 126 Å². The maximum Gasteiger partial charge on any atom is 0.263 e. The van der Waals surface area contributed by atoms with E-state index in [1.165, 1.54) is 13.8 Å². The summed E-state index contributed by atoms with van der Waals surface area (Å²) in [4.78, 5) is 22.3. The lowest BCUT2D eigenvalue weighted by atomic mass is 10.6. The van der Waals surface area contributed by atoms with Crippen LogP contribution in [-0.2, 0) is 29.3 Å². The first-order chi connectivity index (χ1) is 9.12. The molecule has 10 heteroatoms. The Balaban J connectivity index is 4.38. The third-order valence-electron chi connectivity index (χ3n) is 1.97. The van der Waals surface area contributed by atoms with E-state index in [0.717, 1.165) is 12.2 Å². The number of carbonyl (C=O) groups excluding carboxylic acids is 2. The summed E-state index contributed by atoms with van der Waals surface area (Å²) in [5.74, 6) is -2.02. The molecule has 0 aromatic heterocycles. The molecule has 0 radical (unpaired) electrons. The largest absolute Gasteiger partial charge is 0.268 e. The number of rotatable bonds is 6. The number of hydrogen-bond acceptors (Lipinski definition) is 6. The van der Waals surface area contributed by atoms with Gasteiger partial charge < -0.3 is 0 Å². The Kier molecular flexibility index (Phi) is 7.14. The van der Waals surface area contributed by atoms with Crippen molar-refractivity contribution in [2.75, 3.05) is 11.5 Å². The molecule has 0 aliphatic rings. The van der Waals surface area contributed by atoms with Crippen molar-refractivity contribution in [3.8, 4) is 0 Å². The van der Waals surface area contributed by atoms with Crippen LogP contribution in [0, 0.1) is 0 Å². The van der Waals surface area contributed by atoms with E-state index < -0.39 is 31.5 Å². The van der Waals surface area contributed by atoms with E-state index in [2.05, 4.69) is 0 Å². The van der Waals surface area contributed by atoms with Crippen molar-refractivity contribution in [3.63, 3.8) is 0 Å². The highest BCUT2D eigenvalue weighted by Crippen LogP contribution is 1.91. The van der Waals surface area contributed by atoms with E-state index in [-0.39, 0.29) is 11.5 Å². The Labute approximate surface area is 117 Å². The first kappa shape index (κ1) is 18.3. The molecule has 0 spiro atoms. The summed E-state index contributed by atoms with van der Waals surface area (Å²) in [5, 5.41) is 1.43. The van der Waals surface area contributed by atoms with Gasteiger partial charge in [0.1, 0.15) is 0 Å². The fraction of sp³-hybridized carbons (Fsp3) is 0.400. The van der Waals surface area contributed by atoms with Crippen LogP contribution in [0.25, 0.3) is 0 Å². The maximum atomic E-state index is 11.1. The minimum Gasteiger partial charge on any atom is -0.268 e. The van der Waals surface area contributed by atoms with E-state index in [4.69, 9.17) is 0 Å². The van der Waals surface area contributed by atoms with Gasteiger partial charge in [0, 0.05) is 23.0 Å². The second-order valence-corrected chi connectivity index (χ2v) is 7.84. The molecule has 0 rings (SSSR count). The Morgan fingerprint density at radius 2 is 1.10 bits per heavy atom. The van der Waals surface area contributed by atoms with Gasteiger partial charge in [0.05, 0.1) is 11.5 Å². The summed E-state index contributed by atoms with van der Waals surface area (Å²) in [6.07, 6.45) is 1.48. The van der Waals surface area contributed by atoms with Gasteiger partial charge in [0.2, 0.25) is 0 Å². The van der Waals surface area contributed by atoms with Crippen molar-refractivity contribution in [1.29, 1.82) is 0 Å². The second-order valence-electron chi connectivity index (χ2n) is 3.49. The lowest BCUT2D eigenvalue weighted by Crippen LogP contribution is -2.40. The van der Waals surface area contributed by atoms with E-state index in [0.29, 0.717) is 10.8 Å². The predicted molar refractivity (Wildman–Crippen MR) is 73.5 cm³/mol. The highest BCUT2D eigenvalue weighted by Gasteiger charge is 2.05. The highest BCUT2D eigenvalue weighted by molar-refractivity contribution is 7.94. The molecule has 0 bridgehead atoms. The molecule has 8 nitrogen and oxygen atoms in total. The predicted octanol–water partition coefficient (Wildman–Crippen LogP) is -0.969. The van der Waals surface area contributed by atoms with Crippen LogP contribution in [0.2, 0.25) is 0 Å². The van der Waals surface area contributed by atoms with Crippen LogP contribution in [-0.4, -0.2) is 40.2 Å². The second kappa shape index (κ2) is 7.80. The molecule has 2 amide bonds. The molecular weight excluding hydrogens is 308 g/mol. The van der Waals surface area contributed by atoms with Crippen molar-refractivity contribution in [1.82, 2.24) is 10.9 Å². The van der Waals surface area contributed by atoms with Gasteiger partial charge in [-0.15, -0.1) is 0 Å². The Morgan fingerprint density at radius 3 is 1.35 bits per heavy atom. The van der Waals surface area contributed by atoms with Gasteiger partial charge in [-0.1, -0.05) is 13.8 Å². The Hall–Kier alpha value is -1.68. The van der Waals surface area contributed by atoms with Crippen LogP contribution in [0.15, 0.2) is 23.0 Å². The number of hydrogen-bond donors (Lipinski definition) is 2. The van der Waals surface area contributed by atoms with Crippen LogP contribution < -0.4 is 10.9 Å². The zero-order valence-electron chi connectivity index (χ0n) is 11.0. The fourth-order valence-corrected chi connectivity index (χ4v) is 1.78. The lowest BCUT2D eigenvalue weighted by molar-refractivity contribution is -0.123. The molecule has 0 unspecified atom stereocenters. The van der Waals surface area contributed by atoms with Crippen molar-refractivity contribution in [2.45, 2.75) is 13.8 Å². The molecule has 0 heterocycles. The zero-order chi connectivity index (χ0) is 15.8. The number of sulfone groups is 2. The molecular formula is C10H16N2O6S2. The maximum absolute atomic E-state index is 11.1. The summed E-state index contributed by atoms with van der Waals surface area (Å²) in [5.41, 5.74) is 3.80. The molecule has 0 saturated carbocycles. The minimum atomic E-state index is -3.43. The van der Waals surface area contributed by atoms with Crippen molar-refractivity contribution >= 4 is 31.5 Å². The summed E-state index contributed by atoms with van der Waals surface area (Å²) < 4.78 is 44.2. The highest BCUT2D eigenvalue weighted by atomic mass is 32.2. The average Bonchev–Trinajstić information content (AvgIpc) is 2.40. The summed E-state index contributed by atoms with van der Waals surface area (Å²) in [6.45, 7) is 2.83. The van der Waals surface area contributed by atoms with E-state index >= 15 is 0 Å². The van der Waals surface area contributed by atoms with Crippen LogP contribution in [0.1, 0.15) is 13.8 Å². The van der Waals surface area contributed by atoms with Crippen LogP contribution in [0.5, 0.6) is 0 Å². The SMILES string of the molecule is CCS(=O)(=O)C=CC(=O)NNC(=O)C=CS(=O)(=O)CC. The van der Waals surface area contributed by atoms with Gasteiger partial charge in [-0.05, 0) is 0 Å². The van der Waals surface area contributed by atoms with Crippen molar-refractivity contribution in [2.24, 2.45) is 0 Å². The number of nitrogens with one attached hydrogen (secondary N) is 2. The molecule has 114 valence electrons. The molecule has 0 aliphatic heterocycles.